The lowest BCUT2D eigenvalue weighted by Gasteiger charge is -2.33. The van der Waals surface area contributed by atoms with Gasteiger partial charge in [-0.1, -0.05) is 0 Å². The topological polar surface area (TPSA) is 41.6 Å². The standard InChI is InChI=1S/C10H18N2O2/c1-8(9-2-6-14-7-3-9)12-5-4-11-10(12)13/h8-9H,2-7H2,1H3,(H,11,13). The van der Waals surface area contributed by atoms with Crippen molar-refractivity contribution in [2.45, 2.75) is 25.8 Å². The highest BCUT2D eigenvalue weighted by Crippen LogP contribution is 2.23. The highest BCUT2D eigenvalue weighted by molar-refractivity contribution is 5.76. The van der Waals surface area contributed by atoms with E-state index >= 15 is 0 Å². The molecule has 2 heterocycles. The van der Waals surface area contributed by atoms with Crippen LogP contribution < -0.4 is 5.32 Å². The molecular weight excluding hydrogens is 180 g/mol. The van der Waals surface area contributed by atoms with Crippen LogP contribution in [0.5, 0.6) is 0 Å². The van der Waals surface area contributed by atoms with Crippen LogP contribution in [0.4, 0.5) is 4.79 Å². The molecule has 14 heavy (non-hydrogen) atoms. The van der Waals surface area contributed by atoms with Gasteiger partial charge in [0.2, 0.25) is 0 Å². The van der Waals surface area contributed by atoms with Crippen LogP contribution in [0.1, 0.15) is 19.8 Å². The maximum absolute atomic E-state index is 11.4. The van der Waals surface area contributed by atoms with Gasteiger partial charge in [-0.25, -0.2) is 4.79 Å². The number of hydrogen-bond acceptors (Lipinski definition) is 2. The van der Waals surface area contributed by atoms with Crippen molar-refractivity contribution >= 4 is 6.03 Å². The SMILES string of the molecule is CC(C1CCOCC1)N1CCNC1=O. The zero-order valence-corrected chi connectivity index (χ0v) is 8.66. The molecule has 0 radical (unpaired) electrons. The second kappa shape index (κ2) is 4.17. The summed E-state index contributed by atoms with van der Waals surface area (Å²) >= 11 is 0. The number of carbonyl (C=O) groups excluding carboxylic acids is 1. The van der Waals surface area contributed by atoms with E-state index in [9.17, 15) is 4.79 Å². The van der Waals surface area contributed by atoms with Gasteiger partial charge in [-0.05, 0) is 25.7 Å². The van der Waals surface area contributed by atoms with Crippen LogP contribution in [0.15, 0.2) is 0 Å². The minimum absolute atomic E-state index is 0.101. The molecule has 4 nitrogen and oxygen atoms in total. The number of rotatable bonds is 2. The summed E-state index contributed by atoms with van der Waals surface area (Å²) in [5.41, 5.74) is 0. The van der Waals surface area contributed by atoms with Crippen LogP contribution in [0.3, 0.4) is 0 Å². The van der Waals surface area contributed by atoms with Crippen LogP contribution in [-0.2, 0) is 4.74 Å². The average Bonchev–Trinajstić information content (AvgIpc) is 2.65. The fourth-order valence-electron chi connectivity index (χ4n) is 2.33. The first-order chi connectivity index (χ1) is 6.79. The number of nitrogens with zero attached hydrogens (tertiary/aromatic N) is 1. The molecule has 1 N–H and O–H groups in total. The molecule has 0 bridgehead atoms. The number of amides is 2. The molecule has 2 aliphatic heterocycles. The van der Waals surface area contributed by atoms with Crippen LogP contribution in [-0.4, -0.2) is 43.3 Å². The number of carbonyl (C=O) groups is 1. The third-order valence-electron chi connectivity index (χ3n) is 3.33. The van der Waals surface area contributed by atoms with Gasteiger partial charge in [-0.2, -0.15) is 0 Å². The van der Waals surface area contributed by atoms with Crippen molar-refractivity contribution in [3.8, 4) is 0 Å². The molecule has 80 valence electrons. The maximum atomic E-state index is 11.4. The molecule has 4 heteroatoms. The third-order valence-corrected chi connectivity index (χ3v) is 3.33. The van der Waals surface area contributed by atoms with E-state index in [1.165, 1.54) is 0 Å². The highest BCUT2D eigenvalue weighted by atomic mass is 16.5. The Morgan fingerprint density at radius 2 is 2.21 bits per heavy atom. The van der Waals surface area contributed by atoms with Crippen molar-refractivity contribution in [1.82, 2.24) is 10.2 Å². The van der Waals surface area contributed by atoms with E-state index in [0.717, 1.165) is 39.1 Å². The van der Waals surface area contributed by atoms with Gasteiger partial charge in [0.1, 0.15) is 0 Å². The van der Waals surface area contributed by atoms with Crippen molar-refractivity contribution in [3.05, 3.63) is 0 Å². The van der Waals surface area contributed by atoms with Gasteiger partial charge in [0.05, 0.1) is 0 Å². The molecule has 2 saturated heterocycles. The van der Waals surface area contributed by atoms with Crippen molar-refractivity contribution in [2.24, 2.45) is 5.92 Å². The lowest BCUT2D eigenvalue weighted by Crippen LogP contribution is -2.42. The summed E-state index contributed by atoms with van der Waals surface area (Å²) < 4.78 is 5.32. The van der Waals surface area contributed by atoms with Crippen molar-refractivity contribution in [3.63, 3.8) is 0 Å². The Hall–Kier alpha value is -0.770. The molecule has 0 aromatic carbocycles. The van der Waals surface area contributed by atoms with Gasteiger partial charge in [-0.15, -0.1) is 0 Å². The molecular formula is C10H18N2O2. The van der Waals surface area contributed by atoms with E-state index in [1.54, 1.807) is 0 Å². The zero-order valence-electron chi connectivity index (χ0n) is 8.66. The van der Waals surface area contributed by atoms with E-state index in [-0.39, 0.29) is 6.03 Å². The highest BCUT2D eigenvalue weighted by Gasteiger charge is 2.30. The molecule has 1 atom stereocenters. The Labute approximate surface area is 84.6 Å². The molecule has 2 rings (SSSR count). The summed E-state index contributed by atoms with van der Waals surface area (Å²) in [5.74, 6) is 0.618. The molecule has 0 spiro atoms. The van der Waals surface area contributed by atoms with E-state index in [0.29, 0.717) is 12.0 Å². The van der Waals surface area contributed by atoms with E-state index in [1.807, 2.05) is 4.90 Å². The van der Waals surface area contributed by atoms with Crippen molar-refractivity contribution < 1.29 is 9.53 Å². The summed E-state index contributed by atoms with van der Waals surface area (Å²) in [6.45, 7) is 5.51. The van der Waals surface area contributed by atoms with Crippen LogP contribution in [0, 0.1) is 5.92 Å². The Bertz CT molecular complexity index is 214. The molecule has 2 fully saturated rings. The summed E-state index contributed by atoms with van der Waals surface area (Å²) in [6, 6.07) is 0.463. The minimum atomic E-state index is 0.101. The van der Waals surface area contributed by atoms with Gasteiger partial charge in [-0.3, -0.25) is 0 Å². The first-order valence-electron chi connectivity index (χ1n) is 5.41. The molecule has 0 aromatic heterocycles. The van der Waals surface area contributed by atoms with Gasteiger partial charge >= 0.3 is 6.03 Å². The Balaban J connectivity index is 1.92. The summed E-state index contributed by atoms with van der Waals surface area (Å²) in [5, 5.41) is 2.85. The fraction of sp³-hybridized carbons (Fsp3) is 0.900. The van der Waals surface area contributed by atoms with Gasteiger partial charge in [0.15, 0.2) is 0 Å². The van der Waals surface area contributed by atoms with E-state index < -0.39 is 0 Å². The van der Waals surface area contributed by atoms with Crippen molar-refractivity contribution in [2.75, 3.05) is 26.3 Å². The average molecular weight is 198 g/mol. The maximum Gasteiger partial charge on any atom is 0.317 e. The van der Waals surface area contributed by atoms with Crippen LogP contribution in [0.2, 0.25) is 0 Å². The van der Waals surface area contributed by atoms with Gasteiger partial charge < -0.3 is 15.0 Å². The summed E-state index contributed by atoms with van der Waals surface area (Å²) in [6.07, 6.45) is 2.18. The third kappa shape index (κ3) is 1.85. The molecule has 1 unspecified atom stereocenters. The molecule has 2 amide bonds. The minimum Gasteiger partial charge on any atom is -0.381 e. The lowest BCUT2D eigenvalue weighted by molar-refractivity contribution is 0.0415. The largest absolute Gasteiger partial charge is 0.381 e. The second-order valence-corrected chi connectivity index (χ2v) is 4.12. The number of hydrogen-bond donors (Lipinski definition) is 1. The second-order valence-electron chi connectivity index (χ2n) is 4.12. The Morgan fingerprint density at radius 3 is 2.79 bits per heavy atom. The first-order valence-corrected chi connectivity index (χ1v) is 5.41. The zero-order chi connectivity index (χ0) is 9.97. The Morgan fingerprint density at radius 1 is 1.50 bits per heavy atom. The first kappa shape index (κ1) is 9.77. The smallest absolute Gasteiger partial charge is 0.317 e. The predicted octanol–water partition coefficient (Wildman–Crippen LogP) is 0.827. The monoisotopic (exact) mass is 198 g/mol. The predicted molar refractivity (Wildman–Crippen MR) is 53.1 cm³/mol. The van der Waals surface area contributed by atoms with Gasteiger partial charge in [0.25, 0.3) is 0 Å². The molecule has 0 saturated carbocycles. The molecule has 2 aliphatic rings. The molecule has 0 aliphatic carbocycles. The van der Waals surface area contributed by atoms with Crippen LogP contribution >= 0.6 is 0 Å². The Kier molecular flexibility index (Phi) is 2.91. The van der Waals surface area contributed by atoms with Crippen LogP contribution in [0.25, 0.3) is 0 Å². The van der Waals surface area contributed by atoms with E-state index in [2.05, 4.69) is 12.2 Å². The molecule has 0 aromatic rings. The summed E-state index contributed by atoms with van der Waals surface area (Å²) in [7, 11) is 0. The lowest BCUT2D eigenvalue weighted by atomic mass is 9.92. The number of urea groups is 1. The number of nitrogens with one attached hydrogen (secondary N) is 1. The summed E-state index contributed by atoms with van der Waals surface area (Å²) in [4.78, 5) is 13.4. The quantitative estimate of drug-likeness (QED) is 0.714. The van der Waals surface area contributed by atoms with E-state index in [4.69, 9.17) is 4.74 Å². The fourth-order valence-corrected chi connectivity index (χ4v) is 2.33. The normalized spacial score (nSPS) is 26.4. The van der Waals surface area contributed by atoms with Crippen molar-refractivity contribution in [1.29, 1.82) is 0 Å². The number of ether oxygens (including phenoxy) is 1. The van der Waals surface area contributed by atoms with Gasteiger partial charge in [0, 0.05) is 32.3 Å².